The molecule has 0 spiro atoms. The van der Waals surface area contributed by atoms with Crippen molar-refractivity contribution in [3.05, 3.63) is 11.5 Å². The summed E-state index contributed by atoms with van der Waals surface area (Å²) in [5.41, 5.74) is 0. The smallest absolute Gasteiger partial charge is 0.317 e. The minimum absolute atomic E-state index is 0.0860. The summed E-state index contributed by atoms with van der Waals surface area (Å²) in [4.78, 5) is 26.1. The highest BCUT2D eigenvalue weighted by atomic mass is 32.2. The van der Waals surface area contributed by atoms with Gasteiger partial charge in [-0.25, -0.2) is 13.2 Å². The molecule has 0 radical (unpaired) electrons. The minimum Gasteiger partial charge on any atom is -0.481 e. The van der Waals surface area contributed by atoms with E-state index in [2.05, 4.69) is 5.32 Å². The van der Waals surface area contributed by atoms with Gasteiger partial charge in [-0.1, -0.05) is 0 Å². The molecule has 1 fully saturated rings. The Balaban J connectivity index is 1.73. The van der Waals surface area contributed by atoms with Crippen LogP contribution >= 0.6 is 0 Å². The van der Waals surface area contributed by atoms with Crippen molar-refractivity contribution in [3.8, 4) is 0 Å². The Morgan fingerprint density at radius 1 is 1.24 bits per heavy atom. The molecule has 0 aliphatic carbocycles. The van der Waals surface area contributed by atoms with E-state index >= 15 is 0 Å². The number of piperazine rings is 1. The first-order chi connectivity index (χ1) is 9.85. The molecular formula is C12H19N3O5S. The van der Waals surface area contributed by atoms with Gasteiger partial charge < -0.3 is 15.3 Å². The molecule has 1 saturated heterocycles. The van der Waals surface area contributed by atoms with Crippen molar-refractivity contribution in [2.45, 2.75) is 12.5 Å². The second-order valence-corrected chi connectivity index (χ2v) is 7.12. The highest BCUT2D eigenvalue weighted by Crippen LogP contribution is 2.09. The Morgan fingerprint density at radius 3 is 2.43 bits per heavy atom. The topological polar surface area (TPSA) is 107 Å². The Labute approximate surface area is 123 Å². The summed E-state index contributed by atoms with van der Waals surface area (Å²) in [7, 11) is -3.17. The lowest BCUT2D eigenvalue weighted by Crippen LogP contribution is -2.53. The average molecular weight is 317 g/mol. The van der Waals surface area contributed by atoms with Crippen molar-refractivity contribution in [3.63, 3.8) is 0 Å². The number of carbonyl (C=O) groups excluding carboxylic acids is 1. The van der Waals surface area contributed by atoms with Crippen molar-refractivity contribution in [2.24, 2.45) is 0 Å². The summed E-state index contributed by atoms with van der Waals surface area (Å²) < 4.78 is 22.5. The third-order valence-electron chi connectivity index (χ3n) is 3.54. The molecular weight excluding hydrogens is 298 g/mol. The molecule has 0 aromatic rings. The lowest BCUT2D eigenvalue weighted by molar-refractivity contribution is -0.137. The quantitative estimate of drug-likeness (QED) is 0.696. The minimum atomic E-state index is -3.17. The number of nitrogens with zero attached hydrogens (tertiary/aromatic N) is 2. The molecule has 21 heavy (non-hydrogen) atoms. The second kappa shape index (κ2) is 6.44. The van der Waals surface area contributed by atoms with Crippen LogP contribution in [0.1, 0.15) is 6.42 Å². The summed E-state index contributed by atoms with van der Waals surface area (Å²) in [6, 6.07) is -0.743. The lowest BCUT2D eigenvalue weighted by atomic mass is 10.3. The summed E-state index contributed by atoms with van der Waals surface area (Å²) in [6.07, 6.45) is 1.58. The van der Waals surface area contributed by atoms with Gasteiger partial charge in [-0.2, -0.15) is 0 Å². The lowest BCUT2D eigenvalue weighted by Gasteiger charge is -2.34. The first-order valence-electron chi connectivity index (χ1n) is 6.76. The van der Waals surface area contributed by atoms with E-state index in [-0.39, 0.29) is 18.2 Å². The van der Waals surface area contributed by atoms with Gasteiger partial charge in [0.2, 0.25) is 0 Å². The number of rotatable bonds is 4. The predicted octanol–water partition coefficient (Wildman–Crippen LogP) is -0.901. The highest BCUT2D eigenvalue weighted by molar-refractivity contribution is 7.94. The monoisotopic (exact) mass is 317 g/mol. The van der Waals surface area contributed by atoms with Crippen molar-refractivity contribution < 1.29 is 23.1 Å². The number of hydrogen-bond acceptors (Lipinski definition) is 5. The number of carbonyl (C=O) groups is 2. The first-order valence-corrected chi connectivity index (χ1v) is 8.48. The fourth-order valence-electron chi connectivity index (χ4n) is 2.34. The van der Waals surface area contributed by atoms with Gasteiger partial charge in [-0.3, -0.25) is 9.69 Å². The van der Waals surface area contributed by atoms with E-state index in [1.54, 1.807) is 4.90 Å². The predicted molar refractivity (Wildman–Crippen MR) is 75.5 cm³/mol. The van der Waals surface area contributed by atoms with Crippen molar-refractivity contribution in [2.75, 3.05) is 38.5 Å². The summed E-state index contributed by atoms with van der Waals surface area (Å²) in [6.45, 7) is 2.75. The van der Waals surface area contributed by atoms with E-state index in [0.29, 0.717) is 32.7 Å². The van der Waals surface area contributed by atoms with Gasteiger partial charge >= 0.3 is 12.0 Å². The highest BCUT2D eigenvalue weighted by Gasteiger charge is 2.26. The summed E-state index contributed by atoms with van der Waals surface area (Å²) >= 11 is 0. The zero-order valence-corrected chi connectivity index (χ0v) is 12.4. The van der Waals surface area contributed by atoms with Gasteiger partial charge in [0.15, 0.2) is 9.84 Å². The number of aliphatic carboxylic acids is 1. The van der Waals surface area contributed by atoms with E-state index in [9.17, 15) is 18.0 Å². The van der Waals surface area contributed by atoms with Crippen LogP contribution in [0.25, 0.3) is 0 Å². The molecule has 1 unspecified atom stereocenters. The molecule has 0 aromatic heterocycles. The molecule has 2 rings (SSSR count). The third-order valence-corrected chi connectivity index (χ3v) is 4.94. The van der Waals surface area contributed by atoms with E-state index in [1.165, 1.54) is 6.08 Å². The van der Waals surface area contributed by atoms with E-state index in [1.807, 2.05) is 4.90 Å². The van der Waals surface area contributed by atoms with Gasteiger partial charge in [0.05, 0.1) is 18.2 Å². The number of carboxylic acid groups (broad SMARTS) is 1. The molecule has 2 amide bonds. The maximum absolute atomic E-state index is 12.0. The van der Waals surface area contributed by atoms with E-state index < -0.39 is 21.8 Å². The third kappa shape index (κ3) is 4.71. The summed E-state index contributed by atoms with van der Waals surface area (Å²) in [5.74, 6) is -0.915. The van der Waals surface area contributed by atoms with Gasteiger partial charge in [0.25, 0.3) is 0 Å². The first kappa shape index (κ1) is 15.8. The number of nitrogens with one attached hydrogen (secondary N) is 1. The molecule has 2 aliphatic rings. The average Bonchev–Trinajstić information content (AvgIpc) is 2.76. The molecule has 2 N–H and O–H groups in total. The second-order valence-electron chi connectivity index (χ2n) is 5.19. The van der Waals surface area contributed by atoms with Crippen LogP contribution in [0.2, 0.25) is 0 Å². The molecule has 118 valence electrons. The number of amides is 2. The molecule has 0 bridgehead atoms. The van der Waals surface area contributed by atoms with Crippen LogP contribution < -0.4 is 5.32 Å². The van der Waals surface area contributed by atoms with Crippen molar-refractivity contribution in [1.82, 2.24) is 15.1 Å². The van der Waals surface area contributed by atoms with E-state index in [0.717, 1.165) is 5.41 Å². The number of urea groups is 1. The summed E-state index contributed by atoms with van der Waals surface area (Å²) in [5, 5.41) is 12.4. The van der Waals surface area contributed by atoms with Gasteiger partial charge in [-0.15, -0.1) is 0 Å². The molecule has 9 heteroatoms. The number of carboxylic acids is 1. The number of sulfone groups is 1. The fraction of sp³-hybridized carbons (Fsp3) is 0.667. The van der Waals surface area contributed by atoms with Crippen LogP contribution in [0.15, 0.2) is 11.5 Å². The van der Waals surface area contributed by atoms with Crippen LogP contribution in [0, 0.1) is 0 Å². The zero-order chi connectivity index (χ0) is 15.5. The molecule has 2 heterocycles. The maximum Gasteiger partial charge on any atom is 0.317 e. The Bertz CT molecular complexity index is 537. The van der Waals surface area contributed by atoms with Crippen molar-refractivity contribution in [1.29, 1.82) is 0 Å². The molecule has 0 saturated carbocycles. The van der Waals surface area contributed by atoms with Crippen LogP contribution in [-0.2, 0) is 14.6 Å². The standard InChI is InChI=1S/C12H19N3O5S/c16-11(17)1-3-14-4-6-15(7-5-14)12(18)13-10-2-8-21(19,20)9-10/h2,8,10H,1,3-7,9H2,(H,13,18)(H,16,17). The molecule has 0 aromatic carbocycles. The SMILES string of the molecule is O=C(O)CCN1CCN(C(=O)NC2C=CS(=O)(=O)C2)CC1. The zero-order valence-electron chi connectivity index (χ0n) is 11.6. The Hall–Kier alpha value is -1.61. The van der Waals surface area contributed by atoms with Gasteiger partial charge in [0.1, 0.15) is 0 Å². The maximum atomic E-state index is 12.0. The van der Waals surface area contributed by atoms with Crippen LogP contribution in [0.5, 0.6) is 0 Å². The molecule has 1 atom stereocenters. The van der Waals surface area contributed by atoms with Crippen LogP contribution in [-0.4, -0.2) is 79.8 Å². The molecule has 8 nitrogen and oxygen atoms in total. The normalized spacial score (nSPS) is 25.0. The van der Waals surface area contributed by atoms with Crippen molar-refractivity contribution >= 4 is 21.8 Å². The van der Waals surface area contributed by atoms with Gasteiger partial charge in [0, 0.05) is 38.1 Å². The van der Waals surface area contributed by atoms with E-state index in [4.69, 9.17) is 5.11 Å². The van der Waals surface area contributed by atoms with Crippen LogP contribution in [0.4, 0.5) is 4.79 Å². The fourth-order valence-corrected chi connectivity index (χ4v) is 3.58. The van der Waals surface area contributed by atoms with Gasteiger partial charge in [-0.05, 0) is 6.08 Å². The Morgan fingerprint density at radius 2 is 1.90 bits per heavy atom. The largest absolute Gasteiger partial charge is 0.481 e. The molecule has 2 aliphatic heterocycles. The van der Waals surface area contributed by atoms with Crippen LogP contribution in [0.3, 0.4) is 0 Å². The number of hydrogen-bond donors (Lipinski definition) is 2. The Kier molecular flexibility index (Phi) is 4.84.